The predicted octanol–water partition coefficient (Wildman–Crippen LogP) is 1.96. The first kappa shape index (κ1) is 11.7. The average Bonchev–Trinajstić information content (AvgIpc) is 2.77. The van der Waals surface area contributed by atoms with Crippen LogP contribution in [0, 0.1) is 11.6 Å². The van der Waals surface area contributed by atoms with Crippen LogP contribution in [0.5, 0.6) is 0 Å². The van der Waals surface area contributed by atoms with E-state index in [1.165, 1.54) is 16.8 Å². The highest BCUT2D eigenvalue weighted by atomic mass is 19.1. The molecule has 0 spiro atoms. The zero-order valence-electron chi connectivity index (χ0n) is 9.27. The fourth-order valence-corrected chi connectivity index (χ4v) is 1.44. The van der Waals surface area contributed by atoms with E-state index in [4.69, 9.17) is 5.73 Å². The molecule has 0 aliphatic carbocycles. The standard InChI is InChI=1S/C11H12F2N4/c1-2-9(14)10-6-17(16-15-10)11-4-3-7(12)5-8(11)13/h3-6,9H,2,14H2,1H3. The molecule has 0 saturated heterocycles. The van der Waals surface area contributed by atoms with Crippen LogP contribution >= 0.6 is 0 Å². The van der Waals surface area contributed by atoms with Gasteiger partial charge in [-0.2, -0.15) is 0 Å². The highest BCUT2D eigenvalue weighted by molar-refractivity contribution is 5.32. The van der Waals surface area contributed by atoms with Crippen LogP contribution in [0.4, 0.5) is 8.78 Å². The summed E-state index contributed by atoms with van der Waals surface area (Å²) in [6.45, 7) is 1.92. The molecule has 2 rings (SSSR count). The second-order valence-electron chi connectivity index (χ2n) is 3.70. The smallest absolute Gasteiger partial charge is 0.151 e. The third kappa shape index (κ3) is 2.31. The normalized spacial score (nSPS) is 12.7. The van der Waals surface area contributed by atoms with Gasteiger partial charge in [-0.05, 0) is 18.6 Å². The summed E-state index contributed by atoms with van der Waals surface area (Å²) in [5.74, 6) is -1.32. The van der Waals surface area contributed by atoms with E-state index in [9.17, 15) is 8.78 Å². The lowest BCUT2D eigenvalue weighted by atomic mass is 10.2. The Morgan fingerprint density at radius 2 is 2.18 bits per heavy atom. The molecule has 1 aromatic carbocycles. The summed E-state index contributed by atoms with van der Waals surface area (Å²) < 4.78 is 27.5. The van der Waals surface area contributed by atoms with Crippen molar-refractivity contribution in [1.82, 2.24) is 15.0 Å². The monoisotopic (exact) mass is 238 g/mol. The van der Waals surface area contributed by atoms with Gasteiger partial charge in [0.05, 0.1) is 17.9 Å². The fourth-order valence-electron chi connectivity index (χ4n) is 1.44. The summed E-state index contributed by atoms with van der Waals surface area (Å²) in [5, 5.41) is 7.62. The third-order valence-corrected chi connectivity index (χ3v) is 2.49. The first-order valence-electron chi connectivity index (χ1n) is 5.25. The Bertz CT molecular complexity index is 524. The molecule has 1 atom stereocenters. The number of halogens is 2. The molecular formula is C11H12F2N4. The number of benzene rings is 1. The molecule has 0 amide bonds. The maximum atomic E-state index is 13.5. The van der Waals surface area contributed by atoms with Gasteiger partial charge in [0.15, 0.2) is 5.82 Å². The Kier molecular flexibility index (Phi) is 3.14. The van der Waals surface area contributed by atoms with Crippen LogP contribution in [0.1, 0.15) is 25.1 Å². The van der Waals surface area contributed by atoms with Gasteiger partial charge in [-0.15, -0.1) is 5.10 Å². The van der Waals surface area contributed by atoms with Crippen LogP contribution in [0.25, 0.3) is 5.69 Å². The van der Waals surface area contributed by atoms with Crippen LogP contribution in [0.15, 0.2) is 24.4 Å². The molecule has 0 aliphatic rings. The SMILES string of the molecule is CCC(N)c1cn(-c2ccc(F)cc2F)nn1. The molecule has 17 heavy (non-hydrogen) atoms. The third-order valence-electron chi connectivity index (χ3n) is 2.49. The van der Waals surface area contributed by atoms with Gasteiger partial charge in [-0.25, -0.2) is 13.5 Å². The molecule has 6 heteroatoms. The van der Waals surface area contributed by atoms with Crippen molar-refractivity contribution in [2.45, 2.75) is 19.4 Å². The fraction of sp³-hybridized carbons (Fsp3) is 0.273. The van der Waals surface area contributed by atoms with Gasteiger partial charge in [0.25, 0.3) is 0 Å². The Labute approximate surface area is 97.0 Å². The minimum atomic E-state index is -0.688. The van der Waals surface area contributed by atoms with Crippen LogP contribution in [-0.4, -0.2) is 15.0 Å². The van der Waals surface area contributed by atoms with Gasteiger partial charge in [0.1, 0.15) is 11.5 Å². The van der Waals surface area contributed by atoms with Crippen molar-refractivity contribution >= 4 is 0 Å². The number of rotatable bonds is 3. The maximum Gasteiger partial charge on any atom is 0.151 e. The van der Waals surface area contributed by atoms with E-state index >= 15 is 0 Å². The molecule has 0 radical (unpaired) electrons. The highest BCUT2D eigenvalue weighted by Gasteiger charge is 2.12. The van der Waals surface area contributed by atoms with Crippen molar-refractivity contribution in [2.75, 3.05) is 0 Å². The second kappa shape index (κ2) is 4.58. The summed E-state index contributed by atoms with van der Waals surface area (Å²) in [6.07, 6.45) is 2.26. The van der Waals surface area contributed by atoms with E-state index < -0.39 is 11.6 Å². The molecule has 0 fully saturated rings. The number of nitrogens with zero attached hydrogens (tertiary/aromatic N) is 3. The highest BCUT2D eigenvalue weighted by Crippen LogP contribution is 2.16. The minimum absolute atomic E-state index is 0.147. The molecule has 2 aromatic rings. The van der Waals surface area contributed by atoms with Crippen LogP contribution in [-0.2, 0) is 0 Å². The molecule has 1 aromatic heterocycles. The predicted molar refractivity (Wildman–Crippen MR) is 58.5 cm³/mol. The van der Waals surface area contributed by atoms with Crippen LogP contribution < -0.4 is 5.73 Å². The van der Waals surface area contributed by atoms with Crippen molar-refractivity contribution in [3.05, 3.63) is 41.7 Å². The maximum absolute atomic E-state index is 13.5. The van der Waals surface area contributed by atoms with E-state index in [1.807, 2.05) is 6.92 Å². The van der Waals surface area contributed by atoms with Crippen molar-refractivity contribution in [1.29, 1.82) is 0 Å². The molecule has 4 nitrogen and oxygen atoms in total. The van der Waals surface area contributed by atoms with Gasteiger partial charge in [-0.3, -0.25) is 0 Å². The lowest BCUT2D eigenvalue weighted by Gasteiger charge is -2.03. The molecular weight excluding hydrogens is 226 g/mol. The Balaban J connectivity index is 2.37. The number of hydrogen-bond acceptors (Lipinski definition) is 3. The summed E-state index contributed by atoms with van der Waals surface area (Å²) >= 11 is 0. The number of aromatic nitrogens is 3. The largest absolute Gasteiger partial charge is 0.323 e. The van der Waals surface area contributed by atoms with Gasteiger partial charge in [0, 0.05) is 6.07 Å². The van der Waals surface area contributed by atoms with Gasteiger partial charge < -0.3 is 5.73 Å². The van der Waals surface area contributed by atoms with Crippen LogP contribution in [0.3, 0.4) is 0 Å². The van der Waals surface area contributed by atoms with Gasteiger partial charge in [0.2, 0.25) is 0 Å². The van der Waals surface area contributed by atoms with E-state index in [0.29, 0.717) is 12.1 Å². The summed E-state index contributed by atoms with van der Waals surface area (Å²) in [4.78, 5) is 0. The molecule has 0 saturated carbocycles. The summed E-state index contributed by atoms with van der Waals surface area (Å²) in [7, 11) is 0. The Hall–Kier alpha value is -1.82. The minimum Gasteiger partial charge on any atom is -0.323 e. The van der Waals surface area contributed by atoms with Crippen molar-refractivity contribution in [3.8, 4) is 5.69 Å². The topological polar surface area (TPSA) is 56.7 Å². The van der Waals surface area contributed by atoms with E-state index in [-0.39, 0.29) is 11.7 Å². The molecule has 90 valence electrons. The van der Waals surface area contributed by atoms with Crippen molar-refractivity contribution in [2.24, 2.45) is 5.73 Å². The van der Waals surface area contributed by atoms with Crippen LogP contribution in [0.2, 0.25) is 0 Å². The average molecular weight is 238 g/mol. The first-order chi connectivity index (χ1) is 8.11. The quantitative estimate of drug-likeness (QED) is 0.889. The zero-order chi connectivity index (χ0) is 12.4. The van der Waals surface area contributed by atoms with Gasteiger partial charge >= 0.3 is 0 Å². The van der Waals surface area contributed by atoms with Crippen molar-refractivity contribution in [3.63, 3.8) is 0 Å². The zero-order valence-corrected chi connectivity index (χ0v) is 9.27. The van der Waals surface area contributed by atoms with E-state index in [2.05, 4.69) is 10.3 Å². The number of nitrogens with two attached hydrogens (primary N) is 1. The van der Waals surface area contributed by atoms with Gasteiger partial charge in [-0.1, -0.05) is 12.1 Å². The Morgan fingerprint density at radius 3 is 2.82 bits per heavy atom. The lowest BCUT2D eigenvalue weighted by molar-refractivity contribution is 0.572. The van der Waals surface area contributed by atoms with E-state index in [0.717, 1.165) is 6.07 Å². The summed E-state index contributed by atoms with van der Waals surface area (Å²) in [6, 6.07) is 3.04. The second-order valence-corrected chi connectivity index (χ2v) is 3.70. The van der Waals surface area contributed by atoms with Crippen molar-refractivity contribution < 1.29 is 8.78 Å². The molecule has 1 heterocycles. The number of hydrogen-bond donors (Lipinski definition) is 1. The molecule has 0 aliphatic heterocycles. The molecule has 0 bridgehead atoms. The van der Waals surface area contributed by atoms with E-state index in [1.54, 1.807) is 6.20 Å². The molecule has 2 N–H and O–H groups in total. The summed E-state index contributed by atoms with van der Waals surface area (Å²) in [5.41, 5.74) is 6.50. The lowest BCUT2D eigenvalue weighted by Crippen LogP contribution is -2.08. The Morgan fingerprint density at radius 1 is 1.41 bits per heavy atom. The molecule has 1 unspecified atom stereocenters. The first-order valence-corrected chi connectivity index (χ1v) is 5.25.